The van der Waals surface area contributed by atoms with Gasteiger partial charge in [-0.15, -0.1) is 11.8 Å². The Hall–Kier alpha value is -1.00. The number of carbonyl (C=O) groups is 1. The van der Waals surface area contributed by atoms with E-state index in [2.05, 4.69) is 29.6 Å². The monoisotopic (exact) mass is 292 g/mol. The summed E-state index contributed by atoms with van der Waals surface area (Å²) in [6, 6.07) is 10.4. The summed E-state index contributed by atoms with van der Waals surface area (Å²) in [5.41, 5.74) is 5.03. The van der Waals surface area contributed by atoms with E-state index in [9.17, 15) is 4.79 Å². The third-order valence-corrected chi connectivity index (χ3v) is 5.24. The lowest BCUT2D eigenvalue weighted by atomic mass is 10.0. The Labute approximate surface area is 125 Å². The van der Waals surface area contributed by atoms with Crippen molar-refractivity contribution in [3.05, 3.63) is 30.3 Å². The normalized spacial score (nSPS) is 17.9. The zero-order chi connectivity index (χ0) is 14.6. The lowest BCUT2D eigenvalue weighted by Crippen LogP contribution is -2.52. The van der Waals surface area contributed by atoms with Crippen LogP contribution >= 0.6 is 11.8 Å². The number of thioether (sulfide) groups is 1. The van der Waals surface area contributed by atoms with Gasteiger partial charge in [-0.1, -0.05) is 31.0 Å². The van der Waals surface area contributed by atoms with Crippen LogP contribution < -0.4 is 11.1 Å². The molecule has 1 aromatic carbocycles. The van der Waals surface area contributed by atoms with Gasteiger partial charge in [0, 0.05) is 16.2 Å². The van der Waals surface area contributed by atoms with Crippen LogP contribution in [-0.4, -0.2) is 22.7 Å². The van der Waals surface area contributed by atoms with Crippen molar-refractivity contribution in [2.24, 2.45) is 5.73 Å². The Bertz CT molecular complexity index is 447. The molecule has 1 saturated carbocycles. The largest absolute Gasteiger partial charge is 0.353 e. The summed E-state index contributed by atoms with van der Waals surface area (Å²) in [7, 11) is 0. The lowest BCUT2D eigenvalue weighted by molar-refractivity contribution is -0.125. The second-order valence-electron chi connectivity index (χ2n) is 6.21. The maximum atomic E-state index is 12.0. The first kappa shape index (κ1) is 15.4. The standard InChI is InChI=1S/C16H24N2OS/c1-15(2,17)14(19)18-12-16(10-6-7-11-16)20-13-8-4-3-5-9-13/h3-5,8-9H,6-7,10-12,17H2,1-2H3,(H,18,19). The van der Waals surface area contributed by atoms with E-state index in [0.29, 0.717) is 6.54 Å². The van der Waals surface area contributed by atoms with Crippen LogP contribution in [-0.2, 0) is 4.79 Å². The van der Waals surface area contributed by atoms with Crippen LogP contribution in [0.4, 0.5) is 0 Å². The van der Waals surface area contributed by atoms with Gasteiger partial charge in [-0.2, -0.15) is 0 Å². The minimum absolute atomic E-state index is 0.0718. The first-order chi connectivity index (χ1) is 9.41. The van der Waals surface area contributed by atoms with Crippen molar-refractivity contribution in [1.82, 2.24) is 5.32 Å². The predicted octanol–water partition coefficient (Wildman–Crippen LogP) is 2.95. The van der Waals surface area contributed by atoms with Gasteiger partial charge in [-0.25, -0.2) is 0 Å². The molecule has 0 unspecified atom stereocenters. The first-order valence-corrected chi connectivity index (χ1v) is 8.04. The number of rotatable bonds is 5. The Balaban J connectivity index is 2.01. The topological polar surface area (TPSA) is 55.1 Å². The fourth-order valence-corrected chi connectivity index (χ4v) is 3.97. The smallest absolute Gasteiger partial charge is 0.239 e. The molecule has 0 aliphatic heterocycles. The number of carbonyl (C=O) groups excluding carboxylic acids is 1. The van der Waals surface area contributed by atoms with Gasteiger partial charge in [0.25, 0.3) is 0 Å². The molecule has 1 amide bonds. The third-order valence-electron chi connectivity index (χ3n) is 3.75. The average molecular weight is 292 g/mol. The highest BCUT2D eigenvalue weighted by Gasteiger charge is 2.36. The second kappa shape index (κ2) is 6.19. The summed E-state index contributed by atoms with van der Waals surface area (Å²) < 4.78 is 0.127. The van der Waals surface area contributed by atoms with E-state index < -0.39 is 5.54 Å². The second-order valence-corrected chi connectivity index (χ2v) is 7.75. The number of amides is 1. The number of hydrogen-bond donors (Lipinski definition) is 2. The number of nitrogens with one attached hydrogen (secondary N) is 1. The molecule has 2 rings (SSSR count). The number of benzene rings is 1. The molecule has 0 aromatic heterocycles. The molecule has 4 heteroatoms. The van der Waals surface area contributed by atoms with E-state index >= 15 is 0 Å². The van der Waals surface area contributed by atoms with E-state index in [0.717, 1.165) is 12.8 Å². The first-order valence-electron chi connectivity index (χ1n) is 7.23. The van der Waals surface area contributed by atoms with Gasteiger partial charge < -0.3 is 11.1 Å². The van der Waals surface area contributed by atoms with Gasteiger partial charge in [0.15, 0.2) is 0 Å². The van der Waals surface area contributed by atoms with E-state index in [1.54, 1.807) is 13.8 Å². The Morgan fingerprint density at radius 1 is 1.30 bits per heavy atom. The summed E-state index contributed by atoms with van der Waals surface area (Å²) in [4.78, 5) is 13.2. The molecule has 20 heavy (non-hydrogen) atoms. The highest BCUT2D eigenvalue weighted by atomic mass is 32.2. The number of hydrogen-bond acceptors (Lipinski definition) is 3. The van der Waals surface area contributed by atoms with Crippen LogP contribution in [0.1, 0.15) is 39.5 Å². The van der Waals surface area contributed by atoms with Crippen LogP contribution in [0.3, 0.4) is 0 Å². The van der Waals surface area contributed by atoms with Gasteiger partial charge >= 0.3 is 0 Å². The van der Waals surface area contributed by atoms with Crippen LogP contribution in [0, 0.1) is 0 Å². The Morgan fingerprint density at radius 3 is 2.45 bits per heavy atom. The molecule has 0 heterocycles. The maximum absolute atomic E-state index is 12.0. The molecule has 3 N–H and O–H groups in total. The zero-order valence-electron chi connectivity index (χ0n) is 12.3. The molecule has 110 valence electrons. The van der Waals surface area contributed by atoms with Crippen molar-refractivity contribution < 1.29 is 4.79 Å². The average Bonchev–Trinajstić information content (AvgIpc) is 2.85. The Morgan fingerprint density at radius 2 is 1.90 bits per heavy atom. The minimum atomic E-state index is -0.808. The van der Waals surface area contributed by atoms with E-state index in [1.165, 1.54) is 17.7 Å². The molecule has 0 spiro atoms. The molecule has 0 bridgehead atoms. The molecule has 1 aliphatic rings. The highest BCUT2D eigenvalue weighted by molar-refractivity contribution is 8.00. The Kier molecular flexibility index (Phi) is 4.76. The molecular formula is C16H24N2OS. The van der Waals surface area contributed by atoms with Gasteiger partial charge in [0.1, 0.15) is 0 Å². The SMILES string of the molecule is CC(C)(N)C(=O)NCC1(Sc2ccccc2)CCCC1. The summed E-state index contributed by atoms with van der Waals surface area (Å²) in [5.74, 6) is -0.0718. The molecule has 3 nitrogen and oxygen atoms in total. The molecule has 0 atom stereocenters. The summed E-state index contributed by atoms with van der Waals surface area (Å²) in [6.45, 7) is 4.19. The fourth-order valence-electron chi connectivity index (χ4n) is 2.54. The highest BCUT2D eigenvalue weighted by Crippen LogP contribution is 2.44. The van der Waals surface area contributed by atoms with Crippen molar-refractivity contribution in [3.63, 3.8) is 0 Å². The molecule has 1 aromatic rings. The van der Waals surface area contributed by atoms with Crippen molar-refractivity contribution in [3.8, 4) is 0 Å². The molecule has 0 saturated heterocycles. The molecular weight excluding hydrogens is 268 g/mol. The summed E-state index contributed by atoms with van der Waals surface area (Å²) in [5, 5.41) is 3.04. The van der Waals surface area contributed by atoms with Crippen LogP contribution in [0.15, 0.2) is 35.2 Å². The summed E-state index contributed by atoms with van der Waals surface area (Å²) >= 11 is 1.90. The van der Waals surface area contributed by atoms with Crippen molar-refractivity contribution >= 4 is 17.7 Å². The van der Waals surface area contributed by atoms with Crippen LogP contribution in [0.5, 0.6) is 0 Å². The van der Waals surface area contributed by atoms with E-state index in [-0.39, 0.29) is 10.7 Å². The van der Waals surface area contributed by atoms with Crippen molar-refractivity contribution in [1.29, 1.82) is 0 Å². The van der Waals surface area contributed by atoms with Crippen LogP contribution in [0.2, 0.25) is 0 Å². The zero-order valence-corrected chi connectivity index (χ0v) is 13.1. The number of nitrogens with two attached hydrogens (primary N) is 1. The van der Waals surface area contributed by atoms with Crippen LogP contribution in [0.25, 0.3) is 0 Å². The summed E-state index contributed by atoms with van der Waals surface area (Å²) in [6.07, 6.45) is 4.78. The maximum Gasteiger partial charge on any atom is 0.239 e. The minimum Gasteiger partial charge on any atom is -0.353 e. The van der Waals surface area contributed by atoms with Gasteiger partial charge in [-0.3, -0.25) is 4.79 Å². The molecule has 1 fully saturated rings. The predicted molar refractivity (Wildman–Crippen MR) is 84.8 cm³/mol. The van der Waals surface area contributed by atoms with E-state index in [1.807, 2.05) is 17.8 Å². The van der Waals surface area contributed by atoms with Gasteiger partial charge in [0.2, 0.25) is 5.91 Å². The quantitative estimate of drug-likeness (QED) is 0.877. The van der Waals surface area contributed by atoms with Crippen molar-refractivity contribution in [2.75, 3.05) is 6.54 Å². The molecule has 0 radical (unpaired) electrons. The third kappa shape index (κ3) is 4.00. The van der Waals surface area contributed by atoms with E-state index in [4.69, 9.17) is 5.73 Å². The lowest BCUT2D eigenvalue weighted by Gasteiger charge is -2.30. The fraction of sp³-hybridized carbons (Fsp3) is 0.562. The molecule has 1 aliphatic carbocycles. The van der Waals surface area contributed by atoms with Gasteiger partial charge in [-0.05, 0) is 38.8 Å². The van der Waals surface area contributed by atoms with Gasteiger partial charge in [0.05, 0.1) is 5.54 Å². The van der Waals surface area contributed by atoms with Crippen molar-refractivity contribution in [2.45, 2.75) is 54.7 Å².